The third kappa shape index (κ3) is 67.3. The van der Waals surface area contributed by atoms with E-state index in [2.05, 4.69) is 48.5 Å². The number of aliphatic hydroxyl groups excluding tert-OH is 1. The van der Waals surface area contributed by atoms with Crippen molar-refractivity contribution in [3.63, 3.8) is 0 Å². The van der Waals surface area contributed by atoms with Gasteiger partial charge in [-0.2, -0.15) is 0 Å². The van der Waals surface area contributed by atoms with Crippen molar-refractivity contribution in [3.8, 4) is 0 Å². The Morgan fingerprint density at radius 3 is 0.809 bits per heavy atom. The van der Waals surface area contributed by atoms with Crippen molar-refractivity contribution in [2.75, 3.05) is 39.6 Å². The summed E-state index contributed by atoms with van der Waals surface area (Å²) in [4.78, 5) is 72.8. The SMILES string of the molecule is CCCCCCCCCCCCCCCC(=O)OC[C@H](COP(=O)(O)OC[C@H](O)COP(=O)(O)OC[C@@H](COC(=O)CCCCCCCCCCCCC(C)CC)OC(=O)CCCCCCCCCCCCCC(C)C)OC(=O)CCCCCCCCCCCCC(C)C. The molecule has 94 heavy (non-hydrogen) atoms. The van der Waals surface area contributed by atoms with Gasteiger partial charge in [-0.15, -0.1) is 0 Å². The first-order chi connectivity index (χ1) is 45.3. The monoisotopic (exact) mass is 1380 g/mol. The number of carbonyl (C=O) groups excluding carboxylic acids is 4. The average Bonchev–Trinajstić information content (AvgIpc) is 2.30. The molecule has 0 aromatic rings. The van der Waals surface area contributed by atoms with Crippen LogP contribution < -0.4 is 0 Å². The van der Waals surface area contributed by atoms with Gasteiger partial charge in [-0.25, -0.2) is 9.13 Å². The Kier molecular flexibility index (Phi) is 64.3. The molecule has 17 nitrogen and oxygen atoms in total. The van der Waals surface area contributed by atoms with Crippen molar-refractivity contribution in [1.29, 1.82) is 0 Å². The second-order valence-electron chi connectivity index (χ2n) is 28.2. The van der Waals surface area contributed by atoms with Crippen LogP contribution >= 0.6 is 15.6 Å². The quantitative estimate of drug-likeness (QED) is 0.0222. The maximum Gasteiger partial charge on any atom is 0.472 e. The van der Waals surface area contributed by atoms with Gasteiger partial charge in [-0.1, -0.05) is 331 Å². The highest BCUT2D eigenvalue weighted by atomic mass is 31.2. The Labute approximate surface area is 575 Å². The van der Waals surface area contributed by atoms with E-state index in [0.717, 1.165) is 108 Å². The lowest BCUT2D eigenvalue weighted by Crippen LogP contribution is -2.30. The molecule has 3 N–H and O–H groups in total. The highest BCUT2D eigenvalue weighted by Crippen LogP contribution is 2.45. The Morgan fingerprint density at radius 2 is 0.543 bits per heavy atom. The summed E-state index contributed by atoms with van der Waals surface area (Å²) in [6, 6.07) is 0. The minimum atomic E-state index is -4.96. The van der Waals surface area contributed by atoms with E-state index in [9.17, 15) is 43.2 Å². The minimum Gasteiger partial charge on any atom is -0.462 e. The molecule has 0 amide bonds. The summed E-state index contributed by atoms with van der Waals surface area (Å²) in [5.41, 5.74) is 0. The first-order valence-electron chi connectivity index (χ1n) is 38.9. The van der Waals surface area contributed by atoms with E-state index in [1.54, 1.807) is 0 Å². The van der Waals surface area contributed by atoms with E-state index in [1.807, 2.05) is 0 Å². The third-order valence-electron chi connectivity index (χ3n) is 17.7. The molecule has 0 bridgehead atoms. The average molecular weight is 1380 g/mol. The number of hydrogen-bond donors (Lipinski definition) is 3. The Morgan fingerprint density at radius 1 is 0.309 bits per heavy atom. The van der Waals surface area contributed by atoms with Gasteiger partial charge >= 0.3 is 39.5 Å². The zero-order valence-electron chi connectivity index (χ0n) is 61.4. The van der Waals surface area contributed by atoms with Gasteiger partial charge in [0.25, 0.3) is 0 Å². The molecule has 0 heterocycles. The van der Waals surface area contributed by atoms with Crippen LogP contribution in [0.15, 0.2) is 0 Å². The van der Waals surface area contributed by atoms with Crippen LogP contribution in [-0.2, 0) is 65.4 Å². The summed E-state index contributed by atoms with van der Waals surface area (Å²) >= 11 is 0. The number of hydrogen-bond acceptors (Lipinski definition) is 15. The van der Waals surface area contributed by atoms with Crippen molar-refractivity contribution in [2.24, 2.45) is 17.8 Å². The summed E-state index contributed by atoms with van der Waals surface area (Å²) in [7, 11) is -9.91. The second-order valence-corrected chi connectivity index (χ2v) is 31.1. The standard InChI is InChI=1S/C75H146O17P2/c1-8-10-11-12-13-14-15-16-19-28-35-42-49-56-72(77)85-62-71(92-75(80)59-52-45-38-31-23-21-26-33-40-47-54-67(5)6)65-90-94(83,84)88-61-69(76)60-87-93(81,82)89-64-70(91-74(79)58-51-44-37-30-20-17-18-25-32-39-46-53-66(3)4)63-86-73(78)57-50-43-36-29-24-22-27-34-41-48-55-68(7)9-2/h66-71,76H,8-65H2,1-7H3,(H,81,82)(H,83,84)/t68?,69-,70-,71-/m1/s1. The van der Waals surface area contributed by atoms with Gasteiger partial charge in [-0.3, -0.25) is 37.3 Å². The number of phosphoric acid groups is 2. The molecule has 0 saturated carbocycles. The summed E-state index contributed by atoms with van der Waals surface area (Å²) in [5, 5.41) is 10.6. The molecule has 0 fully saturated rings. The Bertz CT molecular complexity index is 1840. The zero-order valence-corrected chi connectivity index (χ0v) is 63.2. The van der Waals surface area contributed by atoms with Gasteiger partial charge in [-0.05, 0) is 43.4 Å². The molecule has 3 unspecified atom stereocenters. The molecule has 0 aromatic heterocycles. The lowest BCUT2D eigenvalue weighted by molar-refractivity contribution is -0.161. The summed E-state index contributed by atoms with van der Waals surface area (Å²) in [6.07, 6.45) is 51.1. The molecule has 0 aliphatic rings. The van der Waals surface area contributed by atoms with Gasteiger partial charge in [0.2, 0.25) is 0 Å². The van der Waals surface area contributed by atoms with Crippen LogP contribution in [0.25, 0.3) is 0 Å². The molecule has 0 radical (unpaired) electrons. The molecule has 19 heteroatoms. The lowest BCUT2D eigenvalue weighted by atomic mass is 9.99. The van der Waals surface area contributed by atoms with Gasteiger partial charge in [0.1, 0.15) is 19.3 Å². The minimum absolute atomic E-state index is 0.106. The molecule has 558 valence electrons. The van der Waals surface area contributed by atoms with Crippen LogP contribution in [0.4, 0.5) is 0 Å². The molecule has 0 aliphatic heterocycles. The van der Waals surface area contributed by atoms with Crippen LogP contribution in [-0.4, -0.2) is 96.7 Å². The van der Waals surface area contributed by atoms with E-state index in [4.69, 9.17) is 37.0 Å². The van der Waals surface area contributed by atoms with Gasteiger partial charge < -0.3 is 33.8 Å². The first kappa shape index (κ1) is 92.1. The fraction of sp³-hybridized carbons (Fsp3) is 0.947. The highest BCUT2D eigenvalue weighted by molar-refractivity contribution is 7.47. The van der Waals surface area contributed by atoms with Crippen molar-refractivity contribution in [2.45, 2.75) is 401 Å². The number of carbonyl (C=O) groups is 4. The van der Waals surface area contributed by atoms with E-state index in [0.29, 0.717) is 25.7 Å². The van der Waals surface area contributed by atoms with Crippen LogP contribution in [0.3, 0.4) is 0 Å². The molecule has 6 atom stereocenters. The number of esters is 4. The Balaban J connectivity index is 5.28. The zero-order chi connectivity index (χ0) is 69.4. The number of unbranched alkanes of at least 4 members (excludes halogenated alkanes) is 40. The van der Waals surface area contributed by atoms with Gasteiger partial charge in [0, 0.05) is 25.7 Å². The molecular weight excluding hydrogens is 1230 g/mol. The van der Waals surface area contributed by atoms with Crippen LogP contribution in [0, 0.1) is 17.8 Å². The van der Waals surface area contributed by atoms with Crippen molar-refractivity contribution in [1.82, 2.24) is 0 Å². The van der Waals surface area contributed by atoms with Crippen molar-refractivity contribution < 1.29 is 80.2 Å². The normalized spacial score (nSPS) is 14.4. The fourth-order valence-corrected chi connectivity index (χ4v) is 13.0. The molecule has 0 saturated heterocycles. The number of rotatable bonds is 73. The van der Waals surface area contributed by atoms with Crippen LogP contribution in [0.5, 0.6) is 0 Å². The smallest absolute Gasteiger partial charge is 0.462 e. The third-order valence-corrected chi connectivity index (χ3v) is 19.6. The number of ether oxygens (including phenoxy) is 4. The van der Waals surface area contributed by atoms with E-state index >= 15 is 0 Å². The second kappa shape index (κ2) is 65.7. The van der Waals surface area contributed by atoms with E-state index < -0.39 is 97.5 Å². The summed E-state index contributed by atoms with van der Waals surface area (Å²) < 4.78 is 68.5. The van der Waals surface area contributed by atoms with Gasteiger partial charge in [0.15, 0.2) is 12.2 Å². The predicted molar refractivity (Wildman–Crippen MR) is 381 cm³/mol. The molecule has 0 aliphatic carbocycles. The summed E-state index contributed by atoms with van der Waals surface area (Å²) in [6.45, 7) is 11.9. The number of phosphoric ester groups is 2. The summed E-state index contributed by atoms with van der Waals surface area (Å²) in [5.74, 6) is 0.209. The van der Waals surface area contributed by atoms with Crippen molar-refractivity contribution in [3.05, 3.63) is 0 Å². The molecular formula is C75H146O17P2. The fourth-order valence-electron chi connectivity index (χ4n) is 11.4. The van der Waals surface area contributed by atoms with E-state index in [-0.39, 0.29) is 25.7 Å². The van der Waals surface area contributed by atoms with Gasteiger partial charge in [0.05, 0.1) is 26.4 Å². The highest BCUT2D eigenvalue weighted by Gasteiger charge is 2.30. The van der Waals surface area contributed by atoms with Crippen LogP contribution in [0.1, 0.15) is 382 Å². The van der Waals surface area contributed by atoms with Crippen molar-refractivity contribution >= 4 is 39.5 Å². The van der Waals surface area contributed by atoms with Crippen LogP contribution in [0.2, 0.25) is 0 Å². The molecule has 0 aromatic carbocycles. The maximum atomic E-state index is 13.1. The van der Waals surface area contributed by atoms with E-state index in [1.165, 1.54) is 193 Å². The molecule has 0 rings (SSSR count). The molecule has 0 spiro atoms. The predicted octanol–water partition coefficient (Wildman–Crippen LogP) is 21.8. The largest absolute Gasteiger partial charge is 0.472 e. The maximum absolute atomic E-state index is 13.1. The first-order valence-corrected chi connectivity index (χ1v) is 41.9. The number of aliphatic hydroxyl groups is 1. The lowest BCUT2D eigenvalue weighted by Gasteiger charge is -2.21. The Hall–Kier alpha value is -1.94. The topological polar surface area (TPSA) is 237 Å².